The van der Waals surface area contributed by atoms with Crippen LogP contribution in [0.2, 0.25) is 0 Å². The smallest absolute Gasteiger partial charge is 0.342 e. The second-order valence-electron chi connectivity index (χ2n) is 6.22. The minimum atomic E-state index is -0.580. The summed E-state index contributed by atoms with van der Waals surface area (Å²) in [6.07, 6.45) is 0.744. The average Bonchev–Trinajstić information content (AvgIpc) is 2.65. The Bertz CT molecular complexity index is 768. The lowest BCUT2D eigenvalue weighted by molar-refractivity contribution is -0.125. The standard InChI is InChI=1S/C21H25NO4/c1-5-18(16-9-6-14(2)7-10-16)22-20(23)13-26-21(24)17-12-15(3)8-11-19(17)25-4/h6-12,18H,5,13H2,1-4H3,(H,22,23)/t18-/m1/s1. The van der Waals surface area contributed by atoms with Crippen LogP contribution in [-0.2, 0) is 9.53 Å². The first kappa shape index (κ1) is 19.5. The van der Waals surface area contributed by atoms with Gasteiger partial charge in [-0.3, -0.25) is 4.79 Å². The quantitative estimate of drug-likeness (QED) is 0.769. The van der Waals surface area contributed by atoms with E-state index < -0.39 is 5.97 Å². The van der Waals surface area contributed by atoms with Crippen molar-refractivity contribution in [3.63, 3.8) is 0 Å². The first-order valence-electron chi connectivity index (χ1n) is 8.62. The highest BCUT2D eigenvalue weighted by molar-refractivity contribution is 5.94. The monoisotopic (exact) mass is 355 g/mol. The second-order valence-corrected chi connectivity index (χ2v) is 6.22. The predicted molar refractivity (Wildman–Crippen MR) is 100 cm³/mol. The van der Waals surface area contributed by atoms with E-state index in [9.17, 15) is 9.59 Å². The van der Waals surface area contributed by atoms with Gasteiger partial charge < -0.3 is 14.8 Å². The summed E-state index contributed by atoms with van der Waals surface area (Å²) in [5.74, 6) is -0.492. The molecule has 0 aliphatic rings. The summed E-state index contributed by atoms with van der Waals surface area (Å²) in [4.78, 5) is 24.5. The number of ether oxygens (including phenoxy) is 2. The van der Waals surface area contributed by atoms with Gasteiger partial charge in [0.2, 0.25) is 0 Å². The lowest BCUT2D eigenvalue weighted by Gasteiger charge is -2.18. The molecule has 5 heteroatoms. The van der Waals surface area contributed by atoms with Gasteiger partial charge in [-0.15, -0.1) is 0 Å². The fourth-order valence-corrected chi connectivity index (χ4v) is 2.65. The lowest BCUT2D eigenvalue weighted by Crippen LogP contribution is -2.32. The van der Waals surface area contributed by atoms with E-state index in [4.69, 9.17) is 9.47 Å². The zero-order valence-corrected chi connectivity index (χ0v) is 15.7. The predicted octanol–water partition coefficient (Wildman–Crippen LogP) is 3.74. The zero-order chi connectivity index (χ0) is 19.1. The van der Waals surface area contributed by atoms with Gasteiger partial charge in [-0.05, 0) is 38.0 Å². The van der Waals surface area contributed by atoms with Crippen LogP contribution in [-0.4, -0.2) is 25.6 Å². The van der Waals surface area contributed by atoms with Crippen LogP contribution < -0.4 is 10.1 Å². The molecule has 0 fully saturated rings. The summed E-state index contributed by atoms with van der Waals surface area (Å²) >= 11 is 0. The van der Waals surface area contributed by atoms with E-state index in [0.717, 1.165) is 23.1 Å². The SMILES string of the molecule is CC[C@@H](NC(=O)COC(=O)c1cc(C)ccc1OC)c1ccc(C)cc1. The highest BCUT2D eigenvalue weighted by Gasteiger charge is 2.17. The first-order valence-corrected chi connectivity index (χ1v) is 8.62. The molecule has 0 bridgehead atoms. The lowest BCUT2D eigenvalue weighted by atomic mass is 10.0. The maximum atomic E-state index is 12.3. The van der Waals surface area contributed by atoms with E-state index in [1.54, 1.807) is 12.1 Å². The van der Waals surface area contributed by atoms with Gasteiger partial charge in [-0.25, -0.2) is 4.79 Å². The topological polar surface area (TPSA) is 64.6 Å². The van der Waals surface area contributed by atoms with Crippen LogP contribution in [0.5, 0.6) is 5.75 Å². The zero-order valence-electron chi connectivity index (χ0n) is 15.7. The highest BCUT2D eigenvalue weighted by Crippen LogP contribution is 2.21. The molecule has 26 heavy (non-hydrogen) atoms. The number of hydrogen-bond donors (Lipinski definition) is 1. The molecular formula is C21H25NO4. The molecule has 0 radical (unpaired) electrons. The Balaban J connectivity index is 1.96. The van der Waals surface area contributed by atoms with Crippen molar-refractivity contribution in [3.05, 3.63) is 64.7 Å². The molecule has 1 N–H and O–H groups in total. The third-order valence-corrected chi connectivity index (χ3v) is 4.13. The van der Waals surface area contributed by atoms with Gasteiger partial charge in [0.1, 0.15) is 11.3 Å². The Kier molecular flexibility index (Phi) is 6.78. The molecule has 0 saturated carbocycles. The summed E-state index contributed by atoms with van der Waals surface area (Å²) < 4.78 is 10.3. The number of carbonyl (C=O) groups excluding carboxylic acids is 2. The molecule has 2 aromatic rings. The van der Waals surface area contributed by atoms with Gasteiger partial charge in [0.05, 0.1) is 13.2 Å². The van der Waals surface area contributed by atoms with Crippen molar-refractivity contribution in [1.29, 1.82) is 0 Å². The van der Waals surface area contributed by atoms with Gasteiger partial charge in [0, 0.05) is 0 Å². The van der Waals surface area contributed by atoms with Crippen molar-refractivity contribution >= 4 is 11.9 Å². The maximum absolute atomic E-state index is 12.3. The number of methoxy groups -OCH3 is 1. The van der Waals surface area contributed by atoms with Crippen molar-refractivity contribution in [3.8, 4) is 5.75 Å². The summed E-state index contributed by atoms with van der Waals surface area (Å²) in [5, 5.41) is 2.90. The first-order chi connectivity index (χ1) is 12.4. The van der Waals surface area contributed by atoms with Crippen LogP contribution in [0.4, 0.5) is 0 Å². The molecule has 0 spiro atoms. The number of benzene rings is 2. The van der Waals surface area contributed by atoms with Crippen molar-refractivity contribution in [1.82, 2.24) is 5.32 Å². The Morgan fingerprint density at radius 1 is 1.04 bits per heavy atom. The largest absolute Gasteiger partial charge is 0.496 e. The molecule has 2 aromatic carbocycles. The summed E-state index contributed by atoms with van der Waals surface area (Å²) in [5.41, 5.74) is 3.41. The number of carbonyl (C=O) groups is 2. The maximum Gasteiger partial charge on any atom is 0.342 e. The van der Waals surface area contributed by atoms with E-state index in [2.05, 4.69) is 5.32 Å². The van der Waals surface area contributed by atoms with Crippen LogP contribution >= 0.6 is 0 Å². The molecule has 5 nitrogen and oxygen atoms in total. The number of esters is 1. The summed E-state index contributed by atoms with van der Waals surface area (Å²) in [6.45, 7) is 5.55. The molecule has 2 rings (SSSR count). The molecule has 0 saturated heterocycles. The van der Waals surface area contributed by atoms with Gasteiger partial charge in [-0.2, -0.15) is 0 Å². The third-order valence-electron chi connectivity index (χ3n) is 4.13. The number of nitrogens with one attached hydrogen (secondary N) is 1. The molecule has 0 unspecified atom stereocenters. The Morgan fingerprint density at radius 2 is 1.69 bits per heavy atom. The van der Waals surface area contributed by atoms with E-state index in [0.29, 0.717) is 11.3 Å². The Morgan fingerprint density at radius 3 is 2.31 bits per heavy atom. The van der Waals surface area contributed by atoms with E-state index >= 15 is 0 Å². The number of hydrogen-bond acceptors (Lipinski definition) is 4. The van der Waals surface area contributed by atoms with Crippen LogP contribution in [0, 0.1) is 13.8 Å². The number of aryl methyl sites for hydroxylation is 2. The van der Waals surface area contributed by atoms with E-state index in [1.807, 2.05) is 51.1 Å². The van der Waals surface area contributed by atoms with Crippen LogP contribution in [0.3, 0.4) is 0 Å². The van der Waals surface area contributed by atoms with Crippen LogP contribution in [0.25, 0.3) is 0 Å². The van der Waals surface area contributed by atoms with Gasteiger partial charge in [0.15, 0.2) is 6.61 Å². The van der Waals surface area contributed by atoms with Crippen molar-refractivity contribution < 1.29 is 19.1 Å². The third kappa shape index (κ3) is 5.09. The Hall–Kier alpha value is -2.82. The minimum Gasteiger partial charge on any atom is -0.496 e. The average molecular weight is 355 g/mol. The molecule has 138 valence electrons. The fraction of sp³-hybridized carbons (Fsp3) is 0.333. The minimum absolute atomic E-state index is 0.115. The molecular weight excluding hydrogens is 330 g/mol. The van der Waals surface area contributed by atoms with Gasteiger partial charge >= 0.3 is 5.97 Å². The molecule has 1 amide bonds. The van der Waals surface area contributed by atoms with Crippen molar-refractivity contribution in [2.75, 3.05) is 13.7 Å². The van der Waals surface area contributed by atoms with Gasteiger partial charge in [0.25, 0.3) is 5.91 Å². The summed E-state index contributed by atoms with van der Waals surface area (Å²) in [6, 6.07) is 13.1. The molecule has 0 aliphatic heterocycles. The van der Waals surface area contributed by atoms with Gasteiger partial charge in [-0.1, -0.05) is 48.4 Å². The van der Waals surface area contributed by atoms with Crippen LogP contribution in [0.1, 0.15) is 46.4 Å². The Labute approximate surface area is 154 Å². The summed E-state index contributed by atoms with van der Waals surface area (Å²) in [7, 11) is 1.49. The highest BCUT2D eigenvalue weighted by atomic mass is 16.5. The molecule has 0 aliphatic carbocycles. The number of rotatable bonds is 7. The second kappa shape index (κ2) is 9.04. The van der Waals surface area contributed by atoms with Crippen LogP contribution in [0.15, 0.2) is 42.5 Å². The molecule has 0 heterocycles. The van der Waals surface area contributed by atoms with E-state index in [-0.39, 0.29) is 18.6 Å². The van der Waals surface area contributed by atoms with E-state index in [1.165, 1.54) is 7.11 Å². The fourth-order valence-electron chi connectivity index (χ4n) is 2.65. The van der Waals surface area contributed by atoms with Crippen molar-refractivity contribution in [2.24, 2.45) is 0 Å². The molecule has 0 aromatic heterocycles. The van der Waals surface area contributed by atoms with Crippen molar-refractivity contribution in [2.45, 2.75) is 33.2 Å². The normalized spacial score (nSPS) is 11.5. The number of amides is 1. The molecule has 1 atom stereocenters.